The van der Waals surface area contributed by atoms with E-state index in [4.69, 9.17) is 10.8 Å². The summed E-state index contributed by atoms with van der Waals surface area (Å²) in [5, 5.41) is 23.6. The van der Waals surface area contributed by atoms with Gasteiger partial charge in [-0.25, -0.2) is 14.8 Å². The number of H-pyrrole nitrogens is 1. The fraction of sp³-hybridized carbons (Fsp3) is 0.190. The molecule has 0 aliphatic rings. The number of hydrogen-bond acceptors (Lipinski definition) is 11. The highest BCUT2D eigenvalue weighted by atomic mass is 16.4. The standard InChI is InChI=1S/C21H19N7O8/c22-20-27-15-14(17(32)28-20)25-12(7-24-15)6-23-11-3-1-10(2-4-11)16(31)26-13(18(33)34)5-21(8-29,9-30)19(35)36/h1-4,7-9,13,23H,5-6H2,(H,26,31)(H,33,34)(H,35,36)(H3,22,24,27,28,32)/t13-/m0/s1. The molecule has 15 nitrogen and oxygen atoms in total. The number of aromatic nitrogens is 4. The Labute approximate surface area is 200 Å². The van der Waals surface area contributed by atoms with Crippen LogP contribution in [0.2, 0.25) is 0 Å². The van der Waals surface area contributed by atoms with Crippen molar-refractivity contribution in [3.8, 4) is 0 Å². The van der Waals surface area contributed by atoms with Crippen LogP contribution < -0.4 is 21.9 Å². The highest BCUT2D eigenvalue weighted by Crippen LogP contribution is 2.20. The van der Waals surface area contributed by atoms with Crippen molar-refractivity contribution in [1.82, 2.24) is 25.3 Å². The average molecular weight is 497 g/mol. The van der Waals surface area contributed by atoms with Gasteiger partial charge in [0.15, 0.2) is 16.6 Å². The summed E-state index contributed by atoms with van der Waals surface area (Å²) >= 11 is 0. The quantitative estimate of drug-likeness (QED) is 0.137. The molecular formula is C21H19N7O8. The molecule has 0 aliphatic carbocycles. The Balaban J connectivity index is 1.67. The van der Waals surface area contributed by atoms with E-state index in [1.54, 1.807) is 0 Å². The molecule has 0 spiro atoms. The Kier molecular flexibility index (Phi) is 7.32. The maximum atomic E-state index is 12.5. The van der Waals surface area contributed by atoms with Gasteiger partial charge in [0.1, 0.15) is 18.6 Å². The SMILES string of the molecule is Nc1nc2ncc(CNc3ccc(C(=O)N[C@@H](CC(C=O)(C=O)C(=O)O)C(=O)O)cc3)nc2c(=O)[nH]1. The minimum atomic E-state index is -2.61. The molecular weight excluding hydrogens is 478 g/mol. The number of rotatable bonds is 11. The second-order valence-corrected chi connectivity index (χ2v) is 7.57. The summed E-state index contributed by atoms with van der Waals surface area (Å²) in [6, 6.07) is 3.92. The number of carbonyl (C=O) groups is 5. The van der Waals surface area contributed by atoms with Gasteiger partial charge in [-0.2, -0.15) is 4.98 Å². The summed E-state index contributed by atoms with van der Waals surface area (Å²) in [6.45, 7) is 0.161. The van der Waals surface area contributed by atoms with Crippen molar-refractivity contribution in [3.63, 3.8) is 0 Å². The number of aldehydes is 2. The van der Waals surface area contributed by atoms with E-state index in [9.17, 15) is 33.9 Å². The molecule has 3 aromatic rings. The van der Waals surface area contributed by atoms with Gasteiger partial charge in [-0.1, -0.05) is 0 Å². The van der Waals surface area contributed by atoms with Crippen LogP contribution in [-0.2, 0) is 25.7 Å². The van der Waals surface area contributed by atoms with Crippen LogP contribution in [0.25, 0.3) is 11.2 Å². The van der Waals surface area contributed by atoms with E-state index in [0.29, 0.717) is 11.4 Å². The topological polar surface area (TPSA) is 247 Å². The van der Waals surface area contributed by atoms with Crippen molar-refractivity contribution in [2.75, 3.05) is 11.1 Å². The molecule has 7 N–H and O–H groups in total. The van der Waals surface area contributed by atoms with Gasteiger partial charge in [0.25, 0.3) is 11.5 Å². The normalized spacial score (nSPS) is 11.9. The largest absolute Gasteiger partial charge is 0.480 e. The molecule has 186 valence electrons. The third kappa shape index (κ3) is 5.46. The number of carboxylic acids is 2. The third-order valence-electron chi connectivity index (χ3n) is 5.07. The molecule has 15 heteroatoms. The van der Waals surface area contributed by atoms with Crippen LogP contribution >= 0.6 is 0 Å². The maximum absolute atomic E-state index is 12.5. The molecule has 0 saturated heterocycles. The van der Waals surface area contributed by atoms with Crippen LogP contribution in [0, 0.1) is 5.41 Å². The molecule has 2 heterocycles. The van der Waals surface area contributed by atoms with Crippen molar-refractivity contribution in [3.05, 3.63) is 52.1 Å². The lowest BCUT2D eigenvalue weighted by Crippen LogP contribution is -2.48. The Morgan fingerprint density at radius 1 is 1.11 bits per heavy atom. The zero-order valence-corrected chi connectivity index (χ0v) is 18.3. The van der Waals surface area contributed by atoms with Crippen LogP contribution in [0.3, 0.4) is 0 Å². The summed E-state index contributed by atoms with van der Waals surface area (Å²) in [5.41, 5.74) is 3.42. The first-order valence-corrected chi connectivity index (χ1v) is 10.1. The lowest BCUT2D eigenvalue weighted by molar-refractivity contribution is -0.154. The van der Waals surface area contributed by atoms with E-state index < -0.39 is 41.3 Å². The van der Waals surface area contributed by atoms with Crippen molar-refractivity contribution in [2.24, 2.45) is 5.41 Å². The number of hydrogen-bond donors (Lipinski definition) is 6. The first-order chi connectivity index (χ1) is 17.1. The Morgan fingerprint density at radius 2 is 1.78 bits per heavy atom. The van der Waals surface area contributed by atoms with Gasteiger partial charge in [0.05, 0.1) is 18.4 Å². The number of anilines is 2. The molecule has 1 atom stereocenters. The maximum Gasteiger partial charge on any atom is 0.326 e. The molecule has 0 aliphatic heterocycles. The zero-order valence-electron chi connectivity index (χ0n) is 18.3. The van der Waals surface area contributed by atoms with E-state index in [0.717, 1.165) is 0 Å². The average Bonchev–Trinajstić information content (AvgIpc) is 2.85. The number of carbonyl (C=O) groups excluding carboxylic acids is 3. The zero-order chi connectivity index (χ0) is 26.5. The molecule has 0 unspecified atom stereocenters. The predicted molar refractivity (Wildman–Crippen MR) is 122 cm³/mol. The number of nitrogens with zero attached hydrogens (tertiary/aromatic N) is 3. The summed E-state index contributed by atoms with van der Waals surface area (Å²) in [4.78, 5) is 84.0. The van der Waals surface area contributed by atoms with E-state index in [-0.39, 0.29) is 41.8 Å². The van der Waals surface area contributed by atoms with E-state index in [1.165, 1.54) is 30.5 Å². The molecule has 0 fully saturated rings. The number of carboxylic acid groups (broad SMARTS) is 2. The van der Waals surface area contributed by atoms with Gasteiger partial charge in [-0.15, -0.1) is 0 Å². The Morgan fingerprint density at radius 3 is 2.36 bits per heavy atom. The molecule has 3 rings (SSSR count). The van der Waals surface area contributed by atoms with E-state index >= 15 is 0 Å². The van der Waals surface area contributed by atoms with Gasteiger partial charge in [0.2, 0.25) is 5.95 Å². The third-order valence-corrected chi connectivity index (χ3v) is 5.07. The summed E-state index contributed by atoms with van der Waals surface area (Å²) in [7, 11) is 0. The molecule has 36 heavy (non-hydrogen) atoms. The number of aromatic amines is 1. The summed E-state index contributed by atoms with van der Waals surface area (Å²) in [6.07, 6.45) is 0.0957. The lowest BCUT2D eigenvalue weighted by atomic mass is 9.84. The Bertz CT molecular complexity index is 1400. The minimum Gasteiger partial charge on any atom is -0.480 e. The molecule has 1 aromatic carbocycles. The summed E-state index contributed by atoms with van der Waals surface area (Å²) < 4.78 is 0. The minimum absolute atomic E-state index is 0.0135. The van der Waals surface area contributed by atoms with E-state index in [1.807, 2.05) is 0 Å². The van der Waals surface area contributed by atoms with Crippen molar-refractivity contribution >= 4 is 53.2 Å². The van der Waals surface area contributed by atoms with Crippen LogP contribution in [0.5, 0.6) is 0 Å². The monoisotopic (exact) mass is 497 g/mol. The van der Waals surface area contributed by atoms with Crippen molar-refractivity contribution < 1.29 is 34.2 Å². The smallest absolute Gasteiger partial charge is 0.326 e. The first kappa shape index (κ1) is 25.4. The van der Waals surface area contributed by atoms with E-state index in [2.05, 4.69) is 30.6 Å². The highest BCUT2D eigenvalue weighted by molar-refractivity contribution is 6.08. The number of nitrogens with one attached hydrogen (secondary N) is 3. The molecule has 0 bridgehead atoms. The number of nitrogens with two attached hydrogens (primary N) is 1. The van der Waals surface area contributed by atoms with Gasteiger partial charge in [-0.05, 0) is 24.3 Å². The first-order valence-electron chi connectivity index (χ1n) is 10.1. The second kappa shape index (κ2) is 10.4. The van der Waals surface area contributed by atoms with Gasteiger partial charge < -0.3 is 36.2 Å². The van der Waals surface area contributed by atoms with Gasteiger partial charge in [-0.3, -0.25) is 19.4 Å². The summed E-state index contributed by atoms with van der Waals surface area (Å²) in [5.74, 6) is -4.40. The van der Waals surface area contributed by atoms with Crippen molar-refractivity contribution in [1.29, 1.82) is 0 Å². The predicted octanol–water partition coefficient (Wildman–Crippen LogP) is -1.05. The molecule has 1 amide bonds. The van der Waals surface area contributed by atoms with Crippen LogP contribution in [0.4, 0.5) is 11.6 Å². The van der Waals surface area contributed by atoms with Gasteiger partial charge >= 0.3 is 11.9 Å². The van der Waals surface area contributed by atoms with Crippen LogP contribution in [0.15, 0.2) is 35.3 Å². The number of fused-ring (bicyclic) bond motifs is 1. The van der Waals surface area contributed by atoms with Crippen molar-refractivity contribution in [2.45, 2.75) is 19.0 Å². The number of nitrogen functional groups attached to an aromatic ring is 1. The van der Waals surface area contributed by atoms with Crippen LogP contribution in [0.1, 0.15) is 22.5 Å². The Hall–Kier alpha value is -5.21. The van der Waals surface area contributed by atoms with Gasteiger partial charge in [0, 0.05) is 17.7 Å². The lowest BCUT2D eigenvalue weighted by Gasteiger charge is -2.22. The number of amides is 1. The molecule has 0 saturated carbocycles. The molecule has 0 radical (unpaired) electrons. The number of benzene rings is 1. The second-order valence-electron chi connectivity index (χ2n) is 7.57. The highest BCUT2D eigenvalue weighted by Gasteiger charge is 2.43. The fourth-order valence-electron chi connectivity index (χ4n) is 3.08. The molecule has 2 aromatic heterocycles. The number of aliphatic carboxylic acids is 2. The fourth-order valence-corrected chi connectivity index (χ4v) is 3.08. The van der Waals surface area contributed by atoms with Crippen LogP contribution in [-0.4, -0.2) is 66.6 Å².